The van der Waals surface area contributed by atoms with Crippen molar-refractivity contribution in [3.8, 4) is 0 Å². The lowest BCUT2D eigenvalue weighted by molar-refractivity contribution is 0.578. The van der Waals surface area contributed by atoms with Crippen molar-refractivity contribution in [2.75, 3.05) is 11.9 Å². The molecule has 0 aliphatic rings. The molecule has 2 N–H and O–H groups in total. The van der Waals surface area contributed by atoms with Crippen LogP contribution in [0, 0.1) is 5.82 Å². The Balaban J connectivity index is 2.23. The molecule has 1 atom stereocenters. The van der Waals surface area contributed by atoms with Crippen LogP contribution in [0.5, 0.6) is 0 Å². The summed E-state index contributed by atoms with van der Waals surface area (Å²) >= 11 is 1.68. The van der Waals surface area contributed by atoms with Gasteiger partial charge >= 0.3 is 0 Å². The van der Waals surface area contributed by atoms with Gasteiger partial charge in [0.1, 0.15) is 5.82 Å². The Morgan fingerprint density at radius 1 is 1.35 bits per heavy atom. The second-order valence-corrected chi connectivity index (χ2v) is 5.88. The molecule has 0 fully saturated rings. The van der Waals surface area contributed by atoms with Gasteiger partial charge in [0, 0.05) is 30.9 Å². The van der Waals surface area contributed by atoms with Gasteiger partial charge in [-0.05, 0) is 47.4 Å². The minimum absolute atomic E-state index is 0.000183. The molecule has 1 aromatic carbocycles. The number of anilines is 1. The van der Waals surface area contributed by atoms with E-state index in [2.05, 4.69) is 21.7 Å². The molecule has 0 aliphatic heterocycles. The lowest BCUT2D eigenvalue weighted by atomic mass is 10.0. The maximum atomic E-state index is 14.1. The highest BCUT2D eigenvalue weighted by molar-refractivity contribution is 7.07. The molecule has 0 aliphatic carbocycles. The smallest absolute Gasteiger partial charge is 0.128 e. The van der Waals surface area contributed by atoms with Gasteiger partial charge < -0.3 is 10.6 Å². The number of rotatable bonds is 6. The summed E-state index contributed by atoms with van der Waals surface area (Å²) in [4.78, 5) is 2.09. The highest BCUT2D eigenvalue weighted by Crippen LogP contribution is 2.25. The van der Waals surface area contributed by atoms with Crippen LogP contribution in [0.25, 0.3) is 0 Å². The molecule has 0 saturated heterocycles. The van der Waals surface area contributed by atoms with Crippen LogP contribution >= 0.6 is 11.3 Å². The number of nitrogens with zero attached hydrogens (tertiary/aromatic N) is 1. The zero-order chi connectivity index (χ0) is 14.5. The third kappa shape index (κ3) is 3.58. The predicted octanol–water partition coefficient (Wildman–Crippen LogP) is 3.80. The Morgan fingerprint density at radius 2 is 2.15 bits per heavy atom. The topological polar surface area (TPSA) is 29.3 Å². The lowest BCUT2D eigenvalue weighted by Gasteiger charge is -2.23. The van der Waals surface area contributed by atoms with Crippen molar-refractivity contribution >= 4 is 17.0 Å². The molecule has 0 bridgehead atoms. The quantitative estimate of drug-likeness (QED) is 0.877. The summed E-state index contributed by atoms with van der Waals surface area (Å²) < 4.78 is 14.1. The van der Waals surface area contributed by atoms with E-state index in [1.807, 2.05) is 20.0 Å². The highest BCUT2D eigenvalue weighted by Gasteiger charge is 2.14. The van der Waals surface area contributed by atoms with Crippen LogP contribution in [0.2, 0.25) is 0 Å². The molecule has 20 heavy (non-hydrogen) atoms. The standard InChI is InChI=1S/C16H21FN2S/c1-3-13(18)9-14-15(17)5-4-6-16(14)19(2)10-12-7-8-20-11-12/h4-8,11,13H,3,9-10,18H2,1-2H3. The summed E-state index contributed by atoms with van der Waals surface area (Å²) in [6.07, 6.45) is 1.43. The van der Waals surface area contributed by atoms with Gasteiger partial charge in [-0.15, -0.1) is 0 Å². The van der Waals surface area contributed by atoms with Crippen LogP contribution < -0.4 is 10.6 Å². The fourth-order valence-electron chi connectivity index (χ4n) is 2.26. The minimum atomic E-state index is -0.163. The van der Waals surface area contributed by atoms with E-state index in [1.54, 1.807) is 17.4 Å². The van der Waals surface area contributed by atoms with Crippen molar-refractivity contribution in [1.82, 2.24) is 0 Å². The van der Waals surface area contributed by atoms with Gasteiger partial charge in [0.05, 0.1) is 0 Å². The number of hydrogen-bond acceptors (Lipinski definition) is 3. The van der Waals surface area contributed by atoms with Gasteiger partial charge in [0.15, 0.2) is 0 Å². The van der Waals surface area contributed by atoms with Crippen LogP contribution in [0.4, 0.5) is 10.1 Å². The maximum absolute atomic E-state index is 14.1. The zero-order valence-electron chi connectivity index (χ0n) is 12.0. The van der Waals surface area contributed by atoms with Crippen LogP contribution in [-0.2, 0) is 13.0 Å². The van der Waals surface area contributed by atoms with Gasteiger partial charge in [-0.1, -0.05) is 13.0 Å². The molecule has 1 heterocycles. The third-order valence-corrected chi connectivity index (χ3v) is 4.23. The SMILES string of the molecule is CCC(N)Cc1c(F)cccc1N(C)Cc1ccsc1. The van der Waals surface area contributed by atoms with E-state index < -0.39 is 0 Å². The summed E-state index contributed by atoms with van der Waals surface area (Å²) in [7, 11) is 1.99. The van der Waals surface area contributed by atoms with Crippen LogP contribution in [0.15, 0.2) is 35.0 Å². The van der Waals surface area contributed by atoms with Crippen molar-refractivity contribution in [2.45, 2.75) is 32.4 Å². The van der Waals surface area contributed by atoms with E-state index in [4.69, 9.17) is 5.73 Å². The Bertz CT molecular complexity index is 539. The molecule has 1 unspecified atom stereocenters. The summed E-state index contributed by atoms with van der Waals surface area (Å²) in [6.45, 7) is 2.81. The summed E-state index contributed by atoms with van der Waals surface area (Å²) in [5, 5.41) is 4.18. The maximum Gasteiger partial charge on any atom is 0.128 e. The van der Waals surface area contributed by atoms with Crippen molar-refractivity contribution in [3.63, 3.8) is 0 Å². The molecule has 0 radical (unpaired) electrons. The Morgan fingerprint density at radius 3 is 2.80 bits per heavy atom. The summed E-state index contributed by atoms with van der Waals surface area (Å²) in [6, 6.07) is 7.33. The Hall–Kier alpha value is -1.39. The molecule has 2 rings (SSSR count). The van der Waals surface area contributed by atoms with Gasteiger partial charge in [-0.2, -0.15) is 11.3 Å². The van der Waals surface area contributed by atoms with Crippen molar-refractivity contribution in [2.24, 2.45) is 5.73 Å². The number of benzene rings is 1. The zero-order valence-corrected chi connectivity index (χ0v) is 12.8. The molecular weight excluding hydrogens is 271 g/mol. The van der Waals surface area contributed by atoms with Crippen LogP contribution in [0.3, 0.4) is 0 Å². The second-order valence-electron chi connectivity index (χ2n) is 5.10. The number of nitrogens with two attached hydrogens (primary N) is 1. The monoisotopic (exact) mass is 292 g/mol. The number of thiophene rings is 1. The highest BCUT2D eigenvalue weighted by atomic mass is 32.1. The average Bonchev–Trinajstić information content (AvgIpc) is 2.93. The average molecular weight is 292 g/mol. The number of hydrogen-bond donors (Lipinski definition) is 1. The van der Waals surface area contributed by atoms with Gasteiger partial charge in [0.25, 0.3) is 0 Å². The Kier molecular flexibility index (Phi) is 5.15. The Labute approximate surface area is 124 Å². The molecule has 4 heteroatoms. The first kappa shape index (κ1) is 15.0. The lowest BCUT2D eigenvalue weighted by Crippen LogP contribution is -2.25. The number of halogens is 1. The van der Waals surface area contributed by atoms with E-state index in [-0.39, 0.29) is 11.9 Å². The van der Waals surface area contributed by atoms with Crippen molar-refractivity contribution in [1.29, 1.82) is 0 Å². The third-order valence-electron chi connectivity index (χ3n) is 3.50. The summed E-state index contributed by atoms with van der Waals surface area (Å²) in [5.41, 5.74) is 8.89. The first-order chi connectivity index (χ1) is 9.61. The van der Waals surface area contributed by atoms with E-state index >= 15 is 0 Å². The molecule has 0 saturated carbocycles. The molecule has 0 amide bonds. The first-order valence-electron chi connectivity index (χ1n) is 6.87. The molecule has 108 valence electrons. The van der Waals surface area contributed by atoms with Gasteiger partial charge in [-0.3, -0.25) is 0 Å². The van der Waals surface area contributed by atoms with E-state index in [0.29, 0.717) is 6.42 Å². The van der Waals surface area contributed by atoms with Crippen molar-refractivity contribution < 1.29 is 4.39 Å². The molecular formula is C16H21FN2S. The van der Waals surface area contributed by atoms with E-state index in [1.165, 1.54) is 11.6 Å². The van der Waals surface area contributed by atoms with Gasteiger partial charge in [-0.25, -0.2) is 4.39 Å². The largest absolute Gasteiger partial charge is 0.370 e. The fraction of sp³-hybridized carbons (Fsp3) is 0.375. The van der Waals surface area contributed by atoms with E-state index in [0.717, 1.165) is 24.2 Å². The normalized spacial score (nSPS) is 12.4. The van der Waals surface area contributed by atoms with Crippen molar-refractivity contribution in [3.05, 3.63) is 52.0 Å². The predicted molar refractivity (Wildman–Crippen MR) is 84.8 cm³/mol. The molecule has 2 aromatic rings. The first-order valence-corrected chi connectivity index (χ1v) is 7.81. The summed E-state index contributed by atoms with van der Waals surface area (Å²) in [5.74, 6) is -0.163. The minimum Gasteiger partial charge on any atom is -0.370 e. The fourth-order valence-corrected chi connectivity index (χ4v) is 2.91. The van der Waals surface area contributed by atoms with Gasteiger partial charge in [0.2, 0.25) is 0 Å². The van der Waals surface area contributed by atoms with Crippen LogP contribution in [-0.4, -0.2) is 13.1 Å². The molecule has 0 spiro atoms. The second kappa shape index (κ2) is 6.86. The molecule has 1 aromatic heterocycles. The van der Waals surface area contributed by atoms with Crippen LogP contribution in [0.1, 0.15) is 24.5 Å². The molecule has 2 nitrogen and oxygen atoms in total. The van der Waals surface area contributed by atoms with E-state index in [9.17, 15) is 4.39 Å².